The number of thioether (sulfide) groups is 1. The Balaban J connectivity index is 1.35. The molecule has 2 aliphatic heterocycles. The lowest BCUT2D eigenvalue weighted by Gasteiger charge is -2.29. The number of piperidine rings is 1. The standard InChI is InChI=1S/C46H42N2O2S2/c1-2-3-17-28-47-45-37(33-24-13-6-14-25-33)35(31-20-9-4-10-21-31)43(51-45)39-41(49)40(42(39)50)44-36(32-22-11-5-12-23-32)38(34-26-15-7-16-27-34)46(52-44)48-29-18-8-19-30-48/h4-7,9-16,20-27,49H,2-3,8,17-19,28-30H2,1H3/b43-39+,47-45?. The molecule has 0 spiro atoms. The highest BCUT2D eigenvalue weighted by Crippen LogP contribution is 2.57. The molecule has 4 nitrogen and oxygen atoms in total. The van der Waals surface area contributed by atoms with Gasteiger partial charge in [-0.2, -0.15) is 0 Å². The van der Waals surface area contributed by atoms with Gasteiger partial charge in [-0.3, -0.25) is 9.79 Å². The average molecular weight is 719 g/mol. The van der Waals surface area contributed by atoms with E-state index in [2.05, 4.69) is 84.6 Å². The third kappa shape index (κ3) is 6.39. The molecule has 0 unspecified atom stereocenters. The van der Waals surface area contributed by atoms with E-state index in [0.717, 1.165) is 111 Å². The van der Waals surface area contributed by atoms with E-state index in [-0.39, 0.29) is 11.5 Å². The van der Waals surface area contributed by atoms with E-state index >= 15 is 0 Å². The Bertz CT molecular complexity index is 2210. The van der Waals surface area contributed by atoms with Crippen LogP contribution >= 0.6 is 23.1 Å². The van der Waals surface area contributed by atoms with Gasteiger partial charge in [-0.15, -0.1) is 11.3 Å². The summed E-state index contributed by atoms with van der Waals surface area (Å²) in [6.45, 7) is 4.88. The fraction of sp³-hybridized carbons (Fsp3) is 0.217. The van der Waals surface area contributed by atoms with Gasteiger partial charge in [-0.1, -0.05) is 153 Å². The highest BCUT2D eigenvalue weighted by atomic mass is 32.2. The van der Waals surface area contributed by atoms with Gasteiger partial charge in [0.15, 0.2) is 0 Å². The predicted molar refractivity (Wildman–Crippen MR) is 222 cm³/mol. The zero-order valence-electron chi connectivity index (χ0n) is 29.5. The van der Waals surface area contributed by atoms with Crippen molar-refractivity contribution in [2.24, 2.45) is 4.99 Å². The second-order valence-corrected chi connectivity index (χ2v) is 15.5. The second-order valence-electron chi connectivity index (χ2n) is 13.5. The van der Waals surface area contributed by atoms with Crippen molar-refractivity contribution in [3.63, 3.8) is 0 Å². The van der Waals surface area contributed by atoms with Crippen molar-refractivity contribution in [1.29, 1.82) is 0 Å². The molecule has 1 aliphatic carbocycles. The van der Waals surface area contributed by atoms with Crippen LogP contribution in [-0.2, 0) is 4.79 Å². The van der Waals surface area contributed by atoms with E-state index in [1.54, 1.807) is 11.3 Å². The molecule has 1 N–H and O–H groups in total. The Morgan fingerprint density at radius 3 is 1.73 bits per heavy atom. The first-order valence-electron chi connectivity index (χ1n) is 18.5. The predicted octanol–water partition coefficient (Wildman–Crippen LogP) is 12.1. The van der Waals surface area contributed by atoms with Crippen molar-refractivity contribution < 1.29 is 9.90 Å². The van der Waals surface area contributed by atoms with Gasteiger partial charge in [0.1, 0.15) is 15.8 Å². The molecule has 0 saturated carbocycles. The van der Waals surface area contributed by atoms with Crippen molar-refractivity contribution in [2.45, 2.75) is 45.4 Å². The van der Waals surface area contributed by atoms with Crippen LogP contribution in [0.3, 0.4) is 0 Å². The second kappa shape index (κ2) is 15.4. The van der Waals surface area contributed by atoms with Crippen LogP contribution in [-0.4, -0.2) is 35.6 Å². The fourth-order valence-electron chi connectivity index (χ4n) is 7.49. The number of thiophene rings is 1. The number of aliphatic imine (C=N–C) groups is 1. The van der Waals surface area contributed by atoms with Gasteiger partial charge < -0.3 is 10.0 Å². The molecule has 260 valence electrons. The van der Waals surface area contributed by atoms with Crippen LogP contribution < -0.4 is 4.90 Å². The number of aliphatic hydroxyl groups excluding tert-OH is 1. The minimum Gasteiger partial charge on any atom is -0.506 e. The lowest BCUT2D eigenvalue weighted by molar-refractivity contribution is -0.111. The van der Waals surface area contributed by atoms with E-state index in [1.165, 1.54) is 23.2 Å². The number of unbranched alkanes of at least 4 members (excludes halogenated alkanes) is 2. The van der Waals surface area contributed by atoms with E-state index in [1.807, 2.05) is 48.5 Å². The highest BCUT2D eigenvalue weighted by molar-refractivity contribution is 8.19. The van der Waals surface area contributed by atoms with Crippen LogP contribution in [0.1, 0.15) is 61.5 Å². The maximum atomic E-state index is 14.8. The molecule has 8 rings (SSSR count). The summed E-state index contributed by atoms with van der Waals surface area (Å²) in [5.41, 5.74) is 9.13. The van der Waals surface area contributed by atoms with Crippen molar-refractivity contribution in [1.82, 2.24) is 0 Å². The quantitative estimate of drug-likeness (QED) is 0.115. The smallest absolute Gasteiger partial charge is 0.203 e. The fourth-order valence-corrected chi connectivity index (χ4v) is 10.2. The van der Waals surface area contributed by atoms with E-state index in [0.29, 0.717) is 11.1 Å². The van der Waals surface area contributed by atoms with E-state index in [4.69, 9.17) is 4.99 Å². The molecule has 6 heteroatoms. The zero-order valence-corrected chi connectivity index (χ0v) is 31.1. The first kappa shape index (κ1) is 34.2. The van der Waals surface area contributed by atoms with Crippen molar-refractivity contribution >= 4 is 55.6 Å². The Kier molecular flexibility index (Phi) is 10.1. The third-order valence-corrected chi connectivity index (χ3v) is 12.5. The van der Waals surface area contributed by atoms with Gasteiger partial charge >= 0.3 is 0 Å². The van der Waals surface area contributed by atoms with Gasteiger partial charge in [0.05, 0.1) is 16.0 Å². The summed E-state index contributed by atoms with van der Waals surface area (Å²) < 4.78 is 0. The summed E-state index contributed by atoms with van der Waals surface area (Å²) >= 11 is 3.18. The van der Waals surface area contributed by atoms with Crippen molar-refractivity contribution in [2.75, 3.05) is 24.5 Å². The number of Topliss-reactive ketones (excluding diaryl/α,β-unsaturated/α-hetero) is 1. The summed E-state index contributed by atoms with van der Waals surface area (Å²) in [7, 11) is 0. The lowest BCUT2D eigenvalue weighted by atomic mass is 9.81. The summed E-state index contributed by atoms with van der Waals surface area (Å²) in [4.78, 5) is 24.1. The molecule has 3 heterocycles. The summed E-state index contributed by atoms with van der Waals surface area (Å²) in [6.07, 6.45) is 6.76. The number of aliphatic hydroxyl groups is 1. The number of anilines is 1. The molecule has 0 bridgehead atoms. The van der Waals surface area contributed by atoms with Crippen molar-refractivity contribution in [3.05, 3.63) is 154 Å². The number of nitrogens with zero attached hydrogens (tertiary/aromatic N) is 2. The number of ketones is 1. The molecular formula is C46H42N2O2S2. The number of carbonyl (C=O) groups is 1. The number of hydrogen-bond donors (Lipinski definition) is 1. The topological polar surface area (TPSA) is 52.9 Å². The molecule has 0 atom stereocenters. The lowest BCUT2D eigenvalue weighted by Crippen LogP contribution is -2.29. The van der Waals surface area contributed by atoms with Gasteiger partial charge in [-0.25, -0.2) is 0 Å². The van der Waals surface area contributed by atoms with Crippen molar-refractivity contribution in [3.8, 4) is 22.3 Å². The van der Waals surface area contributed by atoms with Gasteiger partial charge in [0.25, 0.3) is 0 Å². The Hall–Kier alpha value is -4.91. The van der Waals surface area contributed by atoms with Crippen LogP contribution in [0, 0.1) is 0 Å². The van der Waals surface area contributed by atoms with Crippen LogP contribution in [0.4, 0.5) is 5.00 Å². The first-order chi connectivity index (χ1) is 25.7. The highest BCUT2D eigenvalue weighted by Gasteiger charge is 2.44. The Labute approximate surface area is 315 Å². The molecule has 1 saturated heterocycles. The number of rotatable bonds is 10. The van der Waals surface area contributed by atoms with Gasteiger partial charge in [0.2, 0.25) is 5.78 Å². The maximum Gasteiger partial charge on any atom is 0.203 e. The van der Waals surface area contributed by atoms with Crippen LogP contribution in [0.25, 0.3) is 39.0 Å². The maximum absolute atomic E-state index is 14.8. The minimum absolute atomic E-state index is 0.0730. The molecule has 0 radical (unpaired) electrons. The van der Waals surface area contributed by atoms with Crippen LogP contribution in [0.15, 0.2) is 143 Å². The van der Waals surface area contributed by atoms with Gasteiger partial charge in [-0.05, 0) is 47.9 Å². The molecular weight excluding hydrogens is 677 g/mol. The Morgan fingerprint density at radius 1 is 0.635 bits per heavy atom. The molecule has 52 heavy (non-hydrogen) atoms. The minimum atomic E-state index is -0.115. The largest absolute Gasteiger partial charge is 0.506 e. The van der Waals surface area contributed by atoms with Gasteiger partial charge in [0, 0.05) is 46.8 Å². The molecule has 1 fully saturated rings. The normalized spacial score (nSPS) is 18.4. The number of hydrogen-bond acceptors (Lipinski definition) is 6. The molecule has 0 amide bonds. The summed E-state index contributed by atoms with van der Waals surface area (Å²) in [5.74, 6) is -0.0416. The number of allylic oxidation sites excluding steroid dienone is 3. The Morgan fingerprint density at radius 2 is 1.17 bits per heavy atom. The summed E-state index contributed by atoms with van der Waals surface area (Å²) in [6, 6.07) is 41.5. The van der Waals surface area contributed by atoms with E-state index in [9.17, 15) is 9.90 Å². The monoisotopic (exact) mass is 718 g/mol. The zero-order chi connectivity index (χ0) is 35.4. The SMILES string of the molecule is CCCCCN=C1S/C(=C2/C(=O)C(c3sc(N4CCCCC4)c(-c4ccccc4)c3-c3ccccc3)=C2O)C(c2ccccc2)=C1c1ccccc1. The van der Waals surface area contributed by atoms with E-state index < -0.39 is 0 Å². The molecule has 1 aromatic heterocycles. The third-order valence-electron chi connectivity index (χ3n) is 10.1. The first-order valence-corrected chi connectivity index (χ1v) is 20.1. The molecule has 3 aliphatic rings. The summed E-state index contributed by atoms with van der Waals surface area (Å²) in [5, 5.41) is 14.3. The molecule has 5 aromatic rings. The molecule has 4 aromatic carbocycles. The number of benzene rings is 4. The average Bonchev–Trinajstić information content (AvgIpc) is 3.77. The van der Waals surface area contributed by atoms with Crippen LogP contribution in [0.5, 0.6) is 0 Å². The number of carbonyl (C=O) groups excluding carboxylic acids is 1. The van der Waals surface area contributed by atoms with Crippen LogP contribution in [0.2, 0.25) is 0 Å².